The lowest BCUT2D eigenvalue weighted by molar-refractivity contribution is 0.0699. The third-order valence-corrected chi connectivity index (χ3v) is 3.31. The van der Waals surface area contributed by atoms with Crippen LogP contribution in [-0.4, -0.2) is 16.1 Å². The fraction of sp³-hybridized carbons (Fsp3) is 0.231. The summed E-state index contributed by atoms with van der Waals surface area (Å²) in [4.78, 5) is 26.4. The number of pyridine rings is 1. The van der Waals surface area contributed by atoms with E-state index in [2.05, 4.69) is 4.98 Å². The standard InChI is InChI=1S/C13H11NO3/c15-12-7-3-2-6-10(7)14-11-8(12)4-1-5-9(11)13(16)17/h1,4-5H,2-3,6H2,(H,14,15)(H,16,17). The number of hydrogen-bond donors (Lipinski definition) is 2. The van der Waals surface area contributed by atoms with E-state index in [1.807, 2.05) is 0 Å². The molecule has 2 N–H and O–H groups in total. The molecule has 0 aliphatic heterocycles. The van der Waals surface area contributed by atoms with Crippen molar-refractivity contribution in [3.05, 3.63) is 45.2 Å². The second-order valence-corrected chi connectivity index (χ2v) is 4.30. The van der Waals surface area contributed by atoms with Gasteiger partial charge < -0.3 is 10.1 Å². The fourth-order valence-electron chi connectivity index (χ4n) is 2.50. The topological polar surface area (TPSA) is 70.2 Å². The van der Waals surface area contributed by atoms with Gasteiger partial charge in [0.25, 0.3) is 0 Å². The number of H-pyrrole nitrogens is 1. The molecule has 2 aromatic rings. The summed E-state index contributed by atoms with van der Waals surface area (Å²) in [5.74, 6) is -1.01. The zero-order valence-electron chi connectivity index (χ0n) is 9.12. The van der Waals surface area contributed by atoms with Gasteiger partial charge in [-0.05, 0) is 31.4 Å². The average Bonchev–Trinajstić information content (AvgIpc) is 2.77. The first kappa shape index (κ1) is 10.1. The van der Waals surface area contributed by atoms with Gasteiger partial charge in [0.1, 0.15) is 0 Å². The van der Waals surface area contributed by atoms with E-state index in [0.717, 1.165) is 30.5 Å². The molecule has 3 rings (SSSR count). The fourth-order valence-corrected chi connectivity index (χ4v) is 2.50. The van der Waals surface area contributed by atoms with Crippen LogP contribution in [0.4, 0.5) is 0 Å². The van der Waals surface area contributed by atoms with Crippen LogP contribution in [0.5, 0.6) is 0 Å². The van der Waals surface area contributed by atoms with Gasteiger partial charge in [0, 0.05) is 16.6 Å². The first-order valence-electron chi connectivity index (χ1n) is 5.58. The van der Waals surface area contributed by atoms with Crippen molar-refractivity contribution in [1.82, 2.24) is 4.98 Å². The number of carbonyl (C=O) groups is 1. The first-order chi connectivity index (χ1) is 8.18. The Kier molecular flexibility index (Phi) is 2.04. The van der Waals surface area contributed by atoms with Crippen molar-refractivity contribution in [1.29, 1.82) is 0 Å². The largest absolute Gasteiger partial charge is 0.478 e. The Hall–Kier alpha value is -2.10. The molecular weight excluding hydrogens is 218 g/mol. The predicted octanol–water partition coefficient (Wildman–Crippen LogP) is 1.71. The van der Waals surface area contributed by atoms with Crippen LogP contribution in [0.3, 0.4) is 0 Å². The van der Waals surface area contributed by atoms with Gasteiger partial charge in [-0.1, -0.05) is 6.07 Å². The maximum Gasteiger partial charge on any atom is 0.337 e. The maximum absolute atomic E-state index is 12.2. The quantitative estimate of drug-likeness (QED) is 0.782. The molecule has 1 heterocycles. The van der Waals surface area contributed by atoms with E-state index < -0.39 is 5.97 Å². The van der Waals surface area contributed by atoms with Crippen molar-refractivity contribution in [2.45, 2.75) is 19.3 Å². The smallest absolute Gasteiger partial charge is 0.337 e. The maximum atomic E-state index is 12.2. The number of aromatic nitrogens is 1. The van der Waals surface area contributed by atoms with Gasteiger partial charge in [-0.15, -0.1) is 0 Å². The minimum absolute atomic E-state index is 0.0191. The molecule has 86 valence electrons. The van der Waals surface area contributed by atoms with Gasteiger partial charge in [-0.2, -0.15) is 0 Å². The van der Waals surface area contributed by atoms with E-state index in [-0.39, 0.29) is 11.0 Å². The first-order valence-corrected chi connectivity index (χ1v) is 5.58. The SMILES string of the molecule is O=C(O)c1cccc2c(=O)c3c([nH]c12)CCC3. The highest BCUT2D eigenvalue weighted by atomic mass is 16.4. The third kappa shape index (κ3) is 1.37. The Morgan fingerprint density at radius 1 is 1.29 bits per heavy atom. The van der Waals surface area contributed by atoms with Gasteiger partial charge in [0.05, 0.1) is 11.1 Å². The van der Waals surface area contributed by atoms with E-state index in [9.17, 15) is 9.59 Å². The van der Waals surface area contributed by atoms with E-state index >= 15 is 0 Å². The van der Waals surface area contributed by atoms with Crippen molar-refractivity contribution < 1.29 is 9.90 Å². The average molecular weight is 229 g/mol. The molecule has 0 spiro atoms. The molecule has 0 saturated heterocycles. The summed E-state index contributed by atoms with van der Waals surface area (Å²) in [5.41, 5.74) is 2.31. The van der Waals surface area contributed by atoms with Crippen molar-refractivity contribution in [3.8, 4) is 0 Å². The molecule has 4 heteroatoms. The van der Waals surface area contributed by atoms with Crippen molar-refractivity contribution in [2.75, 3.05) is 0 Å². The van der Waals surface area contributed by atoms with Crippen molar-refractivity contribution >= 4 is 16.9 Å². The Balaban J connectivity index is 2.47. The minimum atomic E-state index is -1.01. The Labute approximate surface area is 96.9 Å². The molecule has 17 heavy (non-hydrogen) atoms. The number of benzene rings is 1. The monoisotopic (exact) mass is 229 g/mol. The molecule has 0 unspecified atom stereocenters. The van der Waals surface area contributed by atoms with Gasteiger partial charge in [-0.25, -0.2) is 4.79 Å². The van der Waals surface area contributed by atoms with Crippen LogP contribution < -0.4 is 5.43 Å². The molecular formula is C13H11NO3. The van der Waals surface area contributed by atoms with Crippen LogP contribution >= 0.6 is 0 Å². The number of rotatable bonds is 1. The molecule has 1 aromatic carbocycles. The van der Waals surface area contributed by atoms with Crippen molar-refractivity contribution in [2.24, 2.45) is 0 Å². The Bertz CT molecular complexity index is 685. The third-order valence-electron chi connectivity index (χ3n) is 3.31. The molecule has 0 fully saturated rings. The highest BCUT2D eigenvalue weighted by molar-refractivity contribution is 6.01. The molecule has 1 aliphatic rings. The van der Waals surface area contributed by atoms with E-state index in [1.54, 1.807) is 12.1 Å². The molecule has 1 aromatic heterocycles. The van der Waals surface area contributed by atoms with Gasteiger partial charge >= 0.3 is 5.97 Å². The normalized spacial score (nSPS) is 13.9. The number of para-hydroxylation sites is 1. The lowest BCUT2D eigenvalue weighted by atomic mass is 10.1. The van der Waals surface area contributed by atoms with Crippen LogP contribution in [0.1, 0.15) is 28.0 Å². The summed E-state index contributed by atoms with van der Waals surface area (Å²) in [6, 6.07) is 4.81. The molecule has 0 radical (unpaired) electrons. The van der Waals surface area contributed by atoms with Crippen LogP contribution in [0, 0.1) is 0 Å². The molecule has 0 atom stereocenters. The highest BCUT2D eigenvalue weighted by Crippen LogP contribution is 2.22. The van der Waals surface area contributed by atoms with Gasteiger partial charge in [-0.3, -0.25) is 4.79 Å². The number of aryl methyl sites for hydroxylation is 1. The van der Waals surface area contributed by atoms with Crippen LogP contribution in [0.15, 0.2) is 23.0 Å². The van der Waals surface area contributed by atoms with Gasteiger partial charge in [0.2, 0.25) is 0 Å². The molecule has 4 nitrogen and oxygen atoms in total. The summed E-state index contributed by atoms with van der Waals surface area (Å²) in [5, 5.41) is 9.58. The Morgan fingerprint density at radius 2 is 2.12 bits per heavy atom. The molecule has 1 aliphatic carbocycles. The number of carboxylic acid groups (broad SMARTS) is 1. The Morgan fingerprint density at radius 3 is 2.88 bits per heavy atom. The van der Waals surface area contributed by atoms with Gasteiger partial charge in [0.15, 0.2) is 5.43 Å². The summed E-state index contributed by atoms with van der Waals surface area (Å²) in [6.45, 7) is 0. The summed E-state index contributed by atoms with van der Waals surface area (Å²) >= 11 is 0. The molecule has 0 saturated carbocycles. The lowest BCUT2D eigenvalue weighted by Crippen LogP contribution is -2.12. The summed E-state index contributed by atoms with van der Waals surface area (Å²) in [6.07, 6.45) is 2.58. The number of fused-ring (bicyclic) bond motifs is 2. The molecule has 0 amide bonds. The summed E-state index contributed by atoms with van der Waals surface area (Å²) < 4.78 is 0. The highest BCUT2D eigenvalue weighted by Gasteiger charge is 2.19. The number of carboxylic acids is 1. The van der Waals surface area contributed by atoms with Crippen LogP contribution in [0.25, 0.3) is 10.9 Å². The minimum Gasteiger partial charge on any atom is -0.478 e. The van der Waals surface area contributed by atoms with E-state index in [1.165, 1.54) is 6.07 Å². The number of aromatic amines is 1. The van der Waals surface area contributed by atoms with E-state index in [0.29, 0.717) is 10.9 Å². The number of hydrogen-bond acceptors (Lipinski definition) is 2. The summed E-state index contributed by atoms with van der Waals surface area (Å²) in [7, 11) is 0. The molecule has 0 bridgehead atoms. The number of aromatic carboxylic acids is 1. The van der Waals surface area contributed by atoms with E-state index in [4.69, 9.17) is 5.11 Å². The second kappa shape index (κ2) is 3.45. The predicted molar refractivity (Wildman–Crippen MR) is 63.6 cm³/mol. The number of nitrogens with one attached hydrogen (secondary N) is 1. The van der Waals surface area contributed by atoms with Crippen molar-refractivity contribution in [3.63, 3.8) is 0 Å². The zero-order chi connectivity index (χ0) is 12.0. The second-order valence-electron chi connectivity index (χ2n) is 4.30. The van der Waals surface area contributed by atoms with Crippen LogP contribution in [-0.2, 0) is 12.8 Å². The van der Waals surface area contributed by atoms with Crippen LogP contribution in [0.2, 0.25) is 0 Å². The lowest BCUT2D eigenvalue weighted by Gasteiger charge is -2.06. The zero-order valence-corrected chi connectivity index (χ0v) is 9.12.